The van der Waals surface area contributed by atoms with E-state index in [9.17, 15) is 19.2 Å². The predicted octanol–water partition coefficient (Wildman–Crippen LogP) is 1.92. The Kier molecular flexibility index (Phi) is 5.30. The molecular weight excluding hydrogens is 360 g/mol. The second kappa shape index (κ2) is 7.83. The van der Waals surface area contributed by atoms with Crippen LogP contribution < -0.4 is 15.6 Å². The van der Waals surface area contributed by atoms with Gasteiger partial charge in [0.2, 0.25) is 5.91 Å². The molecule has 0 radical (unpaired) electrons. The number of nitrogens with zero attached hydrogens (tertiary/aromatic N) is 2. The van der Waals surface area contributed by atoms with Crippen LogP contribution in [0, 0.1) is 19.8 Å². The van der Waals surface area contributed by atoms with Crippen LogP contribution in [-0.2, 0) is 9.59 Å². The minimum Gasteiger partial charge on any atom is -0.276 e. The zero-order valence-electron chi connectivity index (χ0n) is 15.3. The zero-order valence-corrected chi connectivity index (χ0v) is 15.3. The lowest BCUT2D eigenvalue weighted by atomic mass is 10.0. The van der Waals surface area contributed by atoms with Gasteiger partial charge in [-0.1, -0.05) is 35.9 Å². The Hall–Kier alpha value is -3.81. The highest BCUT2D eigenvalue weighted by Gasteiger charge is 2.40. The molecule has 0 unspecified atom stereocenters. The molecule has 1 atom stereocenters. The van der Waals surface area contributed by atoms with Gasteiger partial charge in [0.15, 0.2) is 5.92 Å². The molecule has 1 fully saturated rings. The highest BCUT2D eigenvalue weighted by atomic mass is 16.2. The summed E-state index contributed by atoms with van der Waals surface area (Å²) in [6.45, 7) is 3.64. The maximum Gasteiger partial charge on any atom is 0.335 e. The number of rotatable bonds is 4. The normalized spacial score (nSPS) is 17.0. The number of barbiturate groups is 1. The molecule has 0 bridgehead atoms. The fourth-order valence-corrected chi connectivity index (χ4v) is 2.70. The first kappa shape index (κ1) is 19.0. The summed E-state index contributed by atoms with van der Waals surface area (Å²) in [5, 5.41) is 5.86. The van der Waals surface area contributed by atoms with Crippen molar-refractivity contribution < 1.29 is 19.2 Å². The number of carbonyl (C=O) groups is 4. The Labute approximate surface area is 161 Å². The first-order chi connectivity index (χ1) is 13.4. The van der Waals surface area contributed by atoms with Gasteiger partial charge in [0.25, 0.3) is 11.8 Å². The van der Waals surface area contributed by atoms with Gasteiger partial charge in [0.05, 0.1) is 5.69 Å². The maximum absolute atomic E-state index is 12.7. The molecule has 1 saturated heterocycles. The second-order valence-electron chi connectivity index (χ2n) is 6.32. The van der Waals surface area contributed by atoms with Crippen LogP contribution in [-0.4, -0.2) is 30.0 Å². The molecule has 0 aromatic heterocycles. The highest BCUT2D eigenvalue weighted by molar-refractivity contribution is 6.32. The van der Waals surface area contributed by atoms with Gasteiger partial charge >= 0.3 is 6.03 Å². The van der Waals surface area contributed by atoms with Crippen LogP contribution in [0.3, 0.4) is 0 Å². The second-order valence-corrected chi connectivity index (χ2v) is 6.32. The molecule has 0 aliphatic carbocycles. The summed E-state index contributed by atoms with van der Waals surface area (Å²) in [5.74, 6) is -3.35. The monoisotopic (exact) mass is 378 g/mol. The van der Waals surface area contributed by atoms with Crippen molar-refractivity contribution in [3.05, 3.63) is 65.2 Å². The SMILES string of the molecule is Cc1ccc(C(=O)N/N=C\[C@H]2C(=O)NC(=O)N(c3ccccc3C)C2=O)cc1. The number of nitrogens with one attached hydrogen (secondary N) is 2. The Morgan fingerprint density at radius 1 is 1.07 bits per heavy atom. The Morgan fingerprint density at radius 2 is 1.75 bits per heavy atom. The third-order valence-electron chi connectivity index (χ3n) is 4.26. The van der Waals surface area contributed by atoms with Crippen LogP contribution >= 0.6 is 0 Å². The Balaban J connectivity index is 1.76. The van der Waals surface area contributed by atoms with Gasteiger partial charge in [-0.2, -0.15) is 5.10 Å². The molecule has 0 spiro atoms. The third kappa shape index (κ3) is 3.80. The molecule has 2 aromatic rings. The number of amides is 5. The van der Waals surface area contributed by atoms with Crippen molar-refractivity contribution in [2.75, 3.05) is 4.90 Å². The summed E-state index contributed by atoms with van der Waals surface area (Å²) in [5.41, 5.74) is 4.74. The van der Waals surface area contributed by atoms with E-state index in [0.717, 1.165) is 16.7 Å². The number of hydrogen-bond acceptors (Lipinski definition) is 5. The Bertz CT molecular complexity index is 982. The number of hydrogen-bond donors (Lipinski definition) is 2. The molecule has 2 N–H and O–H groups in total. The minimum atomic E-state index is -1.34. The molecule has 1 heterocycles. The average Bonchev–Trinajstić information content (AvgIpc) is 2.66. The van der Waals surface area contributed by atoms with Crippen LogP contribution in [0.15, 0.2) is 53.6 Å². The highest BCUT2D eigenvalue weighted by Crippen LogP contribution is 2.23. The van der Waals surface area contributed by atoms with E-state index >= 15 is 0 Å². The lowest BCUT2D eigenvalue weighted by Crippen LogP contribution is -2.59. The number of hydrazone groups is 1. The third-order valence-corrected chi connectivity index (χ3v) is 4.26. The number of para-hydroxylation sites is 1. The summed E-state index contributed by atoms with van der Waals surface area (Å²) >= 11 is 0. The molecular formula is C20H18N4O4. The zero-order chi connectivity index (χ0) is 20.3. The number of urea groups is 1. The van der Waals surface area contributed by atoms with E-state index in [0.29, 0.717) is 16.8 Å². The lowest BCUT2D eigenvalue weighted by Gasteiger charge is -2.29. The van der Waals surface area contributed by atoms with E-state index in [4.69, 9.17) is 0 Å². The minimum absolute atomic E-state index is 0.375. The molecule has 0 saturated carbocycles. The molecule has 142 valence electrons. The van der Waals surface area contributed by atoms with Crippen molar-refractivity contribution in [1.29, 1.82) is 0 Å². The van der Waals surface area contributed by atoms with Crippen LogP contribution in [0.25, 0.3) is 0 Å². The van der Waals surface area contributed by atoms with Gasteiger partial charge in [-0.3, -0.25) is 19.7 Å². The van der Waals surface area contributed by atoms with Gasteiger partial charge < -0.3 is 0 Å². The summed E-state index contributed by atoms with van der Waals surface area (Å²) in [4.78, 5) is 49.9. The van der Waals surface area contributed by atoms with Crippen molar-refractivity contribution in [3.63, 3.8) is 0 Å². The summed E-state index contributed by atoms with van der Waals surface area (Å²) < 4.78 is 0. The van der Waals surface area contributed by atoms with E-state index in [2.05, 4.69) is 15.8 Å². The summed E-state index contributed by atoms with van der Waals surface area (Å²) in [6, 6.07) is 12.8. The summed E-state index contributed by atoms with van der Waals surface area (Å²) in [6.07, 6.45) is 1.02. The topological polar surface area (TPSA) is 108 Å². The molecule has 1 aliphatic rings. The predicted molar refractivity (Wildman–Crippen MR) is 103 cm³/mol. The van der Waals surface area contributed by atoms with Crippen LogP contribution in [0.4, 0.5) is 10.5 Å². The van der Waals surface area contributed by atoms with Gasteiger partial charge in [0, 0.05) is 11.8 Å². The fraction of sp³-hybridized carbons (Fsp3) is 0.150. The summed E-state index contributed by atoms with van der Waals surface area (Å²) in [7, 11) is 0. The number of carbonyl (C=O) groups excluding carboxylic acids is 4. The standard InChI is InChI=1S/C20H18N4O4/c1-12-7-9-14(10-8-12)17(25)23-21-11-15-18(26)22-20(28)24(19(15)27)16-6-4-3-5-13(16)2/h3-11,15H,1-2H3,(H,23,25)(H,22,26,28)/b21-11-/t15-/m0/s1. The Morgan fingerprint density at radius 3 is 2.43 bits per heavy atom. The number of anilines is 1. The first-order valence-electron chi connectivity index (χ1n) is 8.53. The molecule has 2 aromatic carbocycles. The van der Waals surface area contributed by atoms with Crippen molar-refractivity contribution in [1.82, 2.24) is 10.7 Å². The van der Waals surface area contributed by atoms with Crippen molar-refractivity contribution in [2.24, 2.45) is 11.0 Å². The van der Waals surface area contributed by atoms with E-state index in [-0.39, 0.29) is 0 Å². The van der Waals surface area contributed by atoms with E-state index in [1.165, 1.54) is 0 Å². The van der Waals surface area contributed by atoms with Crippen LogP contribution in [0.5, 0.6) is 0 Å². The quantitative estimate of drug-likeness (QED) is 0.481. The van der Waals surface area contributed by atoms with Gasteiger partial charge in [0.1, 0.15) is 0 Å². The van der Waals surface area contributed by atoms with Crippen molar-refractivity contribution in [3.8, 4) is 0 Å². The number of aryl methyl sites for hydroxylation is 2. The molecule has 1 aliphatic heterocycles. The molecule has 5 amide bonds. The molecule has 3 rings (SSSR count). The lowest BCUT2D eigenvalue weighted by molar-refractivity contribution is -0.131. The first-order valence-corrected chi connectivity index (χ1v) is 8.53. The van der Waals surface area contributed by atoms with Gasteiger partial charge in [-0.05, 0) is 37.6 Å². The van der Waals surface area contributed by atoms with Gasteiger partial charge in [-0.15, -0.1) is 0 Å². The van der Waals surface area contributed by atoms with E-state index in [1.54, 1.807) is 55.5 Å². The van der Waals surface area contributed by atoms with E-state index < -0.39 is 29.7 Å². The average molecular weight is 378 g/mol. The van der Waals surface area contributed by atoms with Gasteiger partial charge in [-0.25, -0.2) is 15.1 Å². The molecule has 28 heavy (non-hydrogen) atoms. The molecule has 8 nitrogen and oxygen atoms in total. The smallest absolute Gasteiger partial charge is 0.276 e. The van der Waals surface area contributed by atoms with E-state index in [1.807, 2.05) is 6.92 Å². The van der Waals surface area contributed by atoms with Crippen LogP contribution in [0.2, 0.25) is 0 Å². The fourth-order valence-electron chi connectivity index (χ4n) is 2.70. The molecule has 8 heteroatoms. The van der Waals surface area contributed by atoms with Crippen molar-refractivity contribution in [2.45, 2.75) is 13.8 Å². The van der Waals surface area contributed by atoms with Crippen LogP contribution in [0.1, 0.15) is 21.5 Å². The largest absolute Gasteiger partial charge is 0.335 e. The number of imide groups is 2. The maximum atomic E-state index is 12.7. The van der Waals surface area contributed by atoms with Crippen molar-refractivity contribution >= 4 is 35.7 Å². The number of benzene rings is 2.